The minimum absolute atomic E-state index is 0.459. The fraction of sp³-hybridized carbons (Fsp3) is 0.333. The van der Waals surface area contributed by atoms with E-state index in [-0.39, 0.29) is 0 Å². The summed E-state index contributed by atoms with van der Waals surface area (Å²) in [6.45, 7) is 5.81. The summed E-state index contributed by atoms with van der Waals surface area (Å²) in [5.74, 6) is 0.459. The maximum atomic E-state index is 2.63. The van der Waals surface area contributed by atoms with Crippen LogP contribution >= 0.6 is 0 Å². The zero-order chi connectivity index (χ0) is 15.6. The van der Waals surface area contributed by atoms with Gasteiger partial charge in [0.1, 0.15) is 0 Å². The largest absolute Gasteiger partial charge is 0.304 e. The van der Waals surface area contributed by atoms with Crippen LogP contribution in [0.1, 0.15) is 28.2 Å². The second kappa shape index (κ2) is 6.31. The monoisotopic (exact) mass is 304 g/mol. The summed E-state index contributed by atoms with van der Waals surface area (Å²) in [4.78, 5) is 5.05. The van der Waals surface area contributed by atoms with Gasteiger partial charge in [0.25, 0.3) is 0 Å². The molecule has 2 aliphatic rings. The fourth-order valence-corrected chi connectivity index (χ4v) is 3.79. The lowest BCUT2D eigenvalue weighted by Gasteiger charge is -2.35. The summed E-state index contributed by atoms with van der Waals surface area (Å²) in [6.07, 6.45) is 4.55. The van der Waals surface area contributed by atoms with E-state index < -0.39 is 0 Å². The normalized spacial score (nSPS) is 19.2. The molecule has 0 atom stereocenters. The molecule has 2 nitrogen and oxygen atoms in total. The second-order valence-electron chi connectivity index (χ2n) is 6.75. The molecule has 4 rings (SSSR count). The molecule has 118 valence electrons. The van der Waals surface area contributed by atoms with Crippen molar-refractivity contribution in [2.45, 2.75) is 5.92 Å². The van der Waals surface area contributed by atoms with Crippen LogP contribution in [-0.2, 0) is 0 Å². The number of hydrogen-bond acceptors (Lipinski definition) is 2. The van der Waals surface area contributed by atoms with E-state index in [0.29, 0.717) is 5.92 Å². The Morgan fingerprint density at radius 2 is 1.30 bits per heavy atom. The van der Waals surface area contributed by atoms with Gasteiger partial charge in [0, 0.05) is 38.6 Å². The van der Waals surface area contributed by atoms with Crippen molar-refractivity contribution in [3.05, 3.63) is 70.8 Å². The average molecular weight is 304 g/mol. The maximum Gasteiger partial charge on any atom is 0.0229 e. The third kappa shape index (κ3) is 2.97. The smallest absolute Gasteiger partial charge is 0.0229 e. The molecule has 0 radical (unpaired) electrons. The van der Waals surface area contributed by atoms with E-state index in [0.717, 1.165) is 6.54 Å². The molecule has 1 aliphatic carbocycles. The Morgan fingerprint density at radius 3 is 1.87 bits per heavy atom. The molecule has 1 heterocycles. The average Bonchev–Trinajstić information content (AvgIpc) is 2.75. The molecule has 0 aromatic heterocycles. The standard InChI is InChI=1S/C21H24N2/c1-22-12-14-23(15-13-22)16-21-19-8-4-2-6-17(19)10-11-18-7-3-5-9-20(18)21/h2-11,21H,12-16H2,1H3. The van der Waals surface area contributed by atoms with E-state index in [1.807, 2.05) is 0 Å². The van der Waals surface area contributed by atoms with Gasteiger partial charge in [0.15, 0.2) is 0 Å². The lowest BCUT2D eigenvalue weighted by Crippen LogP contribution is -2.45. The quantitative estimate of drug-likeness (QED) is 0.837. The first-order valence-corrected chi connectivity index (χ1v) is 8.58. The molecule has 0 saturated carbocycles. The fourth-order valence-electron chi connectivity index (χ4n) is 3.79. The van der Waals surface area contributed by atoms with Crippen LogP contribution in [0, 0.1) is 0 Å². The highest BCUT2D eigenvalue weighted by atomic mass is 15.2. The molecule has 1 aliphatic heterocycles. The first-order valence-electron chi connectivity index (χ1n) is 8.58. The molecule has 0 unspecified atom stereocenters. The van der Waals surface area contributed by atoms with Crippen LogP contribution in [-0.4, -0.2) is 49.6 Å². The SMILES string of the molecule is CN1CCN(CC2c3ccccc3C=Cc3ccccc32)CC1. The van der Waals surface area contributed by atoms with Crippen molar-refractivity contribution in [1.82, 2.24) is 9.80 Å². The topological polar surface area (TPSA) is 6.48 Å². The van der Waals surface area contributed by atoms with Crippen LogP contribution in [0.5, 0.6) is 0 Å². The predicted octanol–water partition coefficient (Wildman–Crippen LogP) is 3.55. The zero-order valence-electron chi connectivity index (χ0n) is 13.8. The van der Waals surface area contributed by atoms with E-state index in [1.54, 1.807) is 0 Å². The Balaban J connectivity index is 1.71. The molecule has 2 heteroatoms. The maximum absolute atomic E-state index is 2.63. The van der Waals surface area contributed by atoms with Gasteiger partial charge in [0.05, 0.1) is 0 Å². The van der Waals surface area contributed by atoms with Crippen molar-refractivity contribution in [3.8, 4) is 0 Å². The van der Waals surface area contributed by atoms with Crippen LogP contribution < -0.4 is 0 Å². The van der Waals surface area contributed by atoms with Crippen LogP contribution in [0.2, 0.25) is 0 Å². The van der Waals surface area contributed by atoms with Crippen molar-refractivity contribution < 1.29 is 0 Å². The number of hydrogen-bond donors (Lipinski definition) is 0. The molecule has 23 heavy (non-hydrogen) atoms. The minimum atomic E-state index is 0.459. The van der Waals surface area contributed by atoms with Gasteiger partial charge < -0.3 is 4.90 Å². The first-order chi connectivity index (χ1) is 11.3. The van der Waals surface area contributed by atoms with Gasteiger partial charge in [0.2, 0.25) is 0 Å². The van der Waals surface area contributed by atoms with Crippen molar-refractivity contribution in [2.75, 3.05) is 39.8 Å². The molecule has 2 aromatic rings. The lowest BCUT2D eigenvalue weighted by atomic mass is 9.87. The first kappa shape index (κ1) is 14.7. The highest BCUT2D eigenvalue weighted by molar-refractivity contribution is 5.76. The molecule has 2 aromatic carbocycles. The van der Waals surface area contributed by atoms with E-state index in [2.05, 4.69) is 77.5 Å². The Labute approximate surface area is 139 Å². The van der Waals surface area contributed by atoms with Gasteiger partial charge in [-0.15, -0.1) is 0 Å². The summed E-state index contributed by atoms with van der Waals surface area (Å²) in [6, 6.07) is 17.8. The highest BCUT2D eigenvalue weighted by Crippen LogP contribution is 2.35. The van der Waals surface area contributed by atoms with Gasteiger partial charge in [-0.05, 0) is 29.3 Å². The molecule has 0 bridgehead atoms. The van der Waals surface area contributed by atoms with Crippen molar-refractivity contribution in [3.63, 3.8) is 0 Å². The summed E-state index contributed by atoms with van der Waals surface area (Å²) < 4.78 is 0. The molecular weight excluding hydrogens is 280 g/mol. The third-order valence-corrected chi connectivity index (χ3v) is 5.22. The number of benzene rings is 2. The van der Waals surface area contributed by atoms with Crippen molar-refractivity contribution >= 4 is 12.2 Å². The van der Waals surface area contributed by atoms with E-state index in [9.17, 15) is 0 Å². The molecular formula is C21H24N2. The van der Waals surface area contributed by atoms with Crippen LogP contribution in [0.3, 0.4) is 0 Å². The number of nitrogens with zero attached hydrogens (tertiary/aromatic N) is 2. The molecule has 0 N–H and O–H groups in total. The predicted molar refractivity (Wildman–Crippen MR) is 97.6 cm³/mol. The summed E-state index contributed by atoms with van der Waals surface area (Å²) in [7, 11) is 2.22. The van der Waals surface area contributed by atoms with Crippen LogP contribution in [0.25, 0.3) is 12.2 Å². The van der Waals surface area contributed by atoms with E-state index in [1.165, 1.54) is 48.4 Å². The molecule has 1 saturated heterocycles. The summed E-state index contributed by atoms with van der Waals surface area (Å²) in [5.41, 5.74) is 5.66. The summed E-state index contributed by atoms with van der Waals surface area (Å²) in [5, 5.41) is 0. The van der Waals surface area contributed by atoms with Gasteiger partial charge in [-0.25, -0.2) is 0 Å². The lowest BCUT2D eigenvalue weighted by molar-refractivity contribution is 0.150. The molecule has 0 amide bonds. The van der Waals surface area contributed by atoms with Gasteiger partial charge in [-0.2, -0.15) is 0 Å². The number of rotatable bonds is 2. The number of piperazine rings is 1. The van der Waals surface area contributed by atoms with Crippen molar-refractivity contribution in [2.24, 2.45) is 0 Å². The zero-order valence-corrected chi connectivity index (χ0v) is 13.8. The number of likely N-dealkylation sites (N-methyl/N-ethyl adjacent to an activating group) is 1. The van der Waals surface area contributed by atoms with Crippen LogP contribution in [0.4, 0.5) is 0 Å². The van der Waals surface area contributed by atoms with Gasteiger partial charge >= 0.3 is 0 Å². The second-order valence-corrected chi connectivity index (χ2v) is 6.75. The Bertz CT molecular complexity index is 662. The Kier molecular flexibility index (Phi) is 4.02. The van der Waals surface area contributed by atoms with E-state index >= 15 is 0 Å². The minimum Gasteiger partial charge on any atom is -0.304 e. The number of fused-ring (bicyclic) bond motifs is 2. The van der Waals surface area contributed by atoms with Crippen molar-refractivity contribution in [1.29, 1.82) is 0 Å². The molecule has 1 fully saturated rings. The van der Waals surface area contributed by atoms with E-state index in [4.69, 9.17) is 0 Å². The Hall–Kier alpha value is -1.90. The Morgan fingerprint density at radius 1 is 0.783 bits per heavy atom. The third-order valence-electron chi connectivity index (χ3n) is 5.22. The molecule has 0 spiro atoms. The highest BCUT2D eigenvalue weighted by Gasteiger charge is 2.24. The van der Waals surface area contributed by atoms with Gasteiger partial charge in [-0.1, -0.05) is 60.7 Å². The van der Waals surface area contributed by atoms with Gasteiger partial charge in [-0.3, -0.25) is 4.90 Å². The van der Waals surface area contributed by atoms with Crippen LogP contribution in [0.15, 0.2) is 48.5 Å². The summed E-state index contributed by atoms with van der Waals surface area (Å²) >= 11 is 0.